The molecule has 10 heteroatoms. The van der Waals surface area contributed by atoms with Gasteiger partial charge in [-0.25, -0.2) is 9.25 Å². The number of rotatable bonds is 1. The van der Waals surface area contributed by atoms with E-state index in [-0.39, 0.29) is 6.61 Å². The normalized spacial score (nSPS) is 38.3. The fraction of sp³-hybridized carbons (Fsp3) is 0.417. The Bertz CT molecular complexity index is 779. The molecule has 3 heterocycles. The quantitative estimate of drug-likeness (QED) is 0.507. The van der Waals surface area contributed by atoms with Gasteiger partial charge in [0.1, 0.15) is 18.3 Å². The Morgan fingerprint density at radius 3 is 3.09 bits per heavy atom. The van der Waals surface area contributed by atoms with Gasteiger partial charge in [-0.1, -0.05) is 6.07 Å². The topological polar surface area (TPSA) is 129 Å². The molecule has 2 saturated heterocycles. The lowest BCUT2D eigenvalue weighted by Gasteiger charge is -2.27. The molecular weight excluding hydrogens is 313 g/mol. The fourth-order valence-electron chi connectivity index (χ4n) is 2.83. The van der Waals surface area contributed by atoms with E-state index in [1.165, 1.54) is 4.68 Å². The van der Waals surface area contributed by atoms with E-state index >= 15 is 0 Å². The number of phosphoric ester groups is 1. The Balaban J connectivity index is 1.71. The molecule has 0 radical (unpaired) electrons. The second kappa shape index (κ2) is 4.76. The van der Waals surface area contributed by atoms with Crippen LogP contribution in [0.25, 0.3) is 10.9 Å². The van der Waals surface area contributed by atoms with Gasteiger partial charge in [0, 0.05) is 11.1 Å². The first-order valence-electron chi connectivity index (χ1n) is 6.67. The monoisotopic (exact) mass is 327 g/mol. The molecule has 1 unspecified atom stereocenters. The summed E-state index contributed by atoms with van der Waals surface area (Å²) in [6.07, 6.45) is -2.02. The van der Waals surface area contributed by atoms with Gasteiger partial charge in [0.2, 0.25) is 0 Å². The van der Waals surface area contributed by atoms with Crippen LogP contribution in [0.4, 0.5) is 5.69 Å². The molecule has 118 valence electrons. The molecule has 2 aliphatic rings. The third-order valence-corrected chi connectivity index (χ3v) is 4.87. The first-order chi connectivity index (χ1) is 10.5. The van der Waals surface area contributed by atoms with Gasteiger partial charge in [0.05, 0.1) is 18.3 Å². The van der Waals surface area contributed by atoms with E-state index in [0.29, 0.717) is 11.2 Å². The molecule has 2 aliphatic heterocycles. The van der Waals surface area contributed by atoms with E-state index in [1.54, 1.807) is 24.4 Å². The number of nitrogens with two attached hydrogens (primary N) is 1. The van der Waals surface area contributed by atoms with E-state index in [2.05, 4.69) is 5.10 Å². The molecule has 4 N–H and O–H groups in total. The van der Waals surface area contributed by atoms with Crippen LogP contribution in [0.3, 0.4) is 0 Å². The minimum absolute atomic E-state index is 0.132. The van der Waals surface area contributed by atoms with Crippen LogP contribution in [0.1, 0.15) is 6.23 Å². The number of benzene rings is 1. The molecule has 2 aromatic rings. The van der Waals surface area contributed by atoms with Crippen molar-refractivity contribution < 1.29 is 28.3 Å². The molecule has 4 rings (SSSR count). The highest BCUT2D eigenvalue weighted by molar-refractivity contribution is 7.47. The van der Waals surface area contributed by atoms with E-state index in [4.69, 9.17) is 19.5 Å². The number of ether oxygens (including phenoxy) is 1. The number of fused-ring (bicyclic) bond motifs is 2. The zero-order valence-electron chi connectivity index (χ0n) is 11.3. The van der Waals surface area contributed by atoms with Crippen molar-refractivity contribution in [3.05, 3.63) is 24.4 Å². The van der Waals surface area contributed by atoms with Crippen LogP contribution in [0.2, 0.25) is 0 Å². The van der Waals surface area contributed by atoms with Crippen LogP contribution in [-0.2, 0) is 18.3 Å². The van der Waals surface area contributed by atoms with Crippen molar-refractivity contribution in [2.24, 2.45) is 0 Å². The van der Waals surface area contributed by atoms with Gasteiger partial charge in [0.15, 0.2) is 6.23 Å². The third-order valence-electron chi connectivity index (χ3n) is 3.88. The zero-order chi connectivity index (χ0) is 15.5. The highest BCUT2D eigenvalue weighted by atomic mass is 31.2. The highest BCUT2D eigenvalue weighted by Gasteiger charge is 2.52. The Kier molecular flexibility index (Phi) is 3.06. The molecule has 22 heavy (non-hydrogen) atoms. The molecule has 0 spiro atoms. The van der Waals surface area contributed by atoms with Crippen LogP contribution < -0.4 is 5.73 Å². The van der Waals surface area contributed by atoms with Crippen LogP contribution in [0.15, 0.2) is 24.4 Å². The Morgan fingerprint density at radius 2 is 2.27 bits per heavy atom. The lowest BCUT2D eigenvalue weighted by atomic mass is 10.1. The van der Waals surface area contributed by atoms with Crippen molar-refractivity contribution in [3.63, 3.8) is 0 Å². The van der Waals surface area contributed by atoms with Gasteiger partial charge in [-0.2, -0.15) is 5.10 Å². The Morgan fingerprint density at radius 1 is 1.45 bits per heavy atom. The molecule has 5 atom stereocenters. The van der Waals surface area contributed by atoms with Gasteiger partial charge < -0.3 is 20.5 Å². The summed E-state index contributed by atoms with van der Waals surface area (Å²) in [4.78, 5) is 9.37. The average molecular weight is 327 g/mol. The smallest absolute Gasteiger partial charge is 0.398 e. The summed E-state index contributed by atoms with van der Waals surface area (Å²) in [6, 6.07) is 5.32. The number of anilines is 1. The number of aromatic nitrogens is 2. The maximum Gasteiger partial charge on any atom is 0.472 e. The lowest BCUT2D eigenvalue weighted by molar-refractivity contribution is -0.0693. The van der Waals surface area contributed by atoms with Gasteiger partial charge in [-0.05, 0) is 12.1 Å². The Labute approximate surface area is 124 Å². The van der Waals surface area contributed by atoms with Gasteiger partial charge in [-0.3, -0.25) is 9.05 Å². The van der Waals surface area contributed by atoms with Crippen molar-refractivity contribution in [3.8, 4) is 0 Å². The maximum absolute atomic E-state index is 11.5. The summed E-state index contributed by atoms with van der Waals surface area (Å²) >= 11 is 0. The predicted molar refractivity (Wildman–Crippen MR) is 74.7 cm³/mol. The number of nitrogens with zero attached hydrogens (tertiary/aromatic N) is 2. The summed E-state index contributed by atoms with van der Waals surface area (Å²) < 4.78 is 28.3. The second-order valence-electron chi connectivity index (χ2n) is 5.26. The number of aliphatic hydroxyl groups is 1. The largest absolute Gasteiger partial charge is 0.472 e. The van der Waals surface area contributed by atoms with Crippen LogP contribution >= 0.6 is 7.82 Å². The van der Waals surface area contributed by atoms with E-state index in [9.17, 15) is 14.6 Å². The van der Waals surface area contributed by atoms with E-state index in [0.717, 1.165) is 5.39 Å². The van der Waals surface area contributed by atoms with Crippen molar-refractivity contribution in [2.75, 3.05) is 12.3 Å². The molecule has 0 amide bonds. The highest BCUT2D eigenvalue weighted by Crippen LogP contribution is 2.52. The third kappa shape index (κ3) is 2.06. The molecule has 0 saturated carbocycles. The van der Waals surface area contributed by atoms with Crippen LogP contribution in [0.5, 0.6) is 0 Å². The summed E-state index contributed by atoms with van der Waals surface area (Å²) in [6.45, 7) is -0.132. The van der Waals surface area contributed by atoms with E-state index in [1.807, 2.05) is 0 Å². The molecule has 2 fully saturated rings. The SMILES string of the molecule is Nc1cccc2c1cnn2[C@H]1O[C@@H]2COP(=O)(O)O[C@H]2[C@H]1O. The van der Waals surface area contributed by atoms with Crippen LogP contribution in [0, 0.1) is 0 Å². The van der Waals surface area contributed by atoms with Gasteiger partial charge in [0.25, 0.3) is 0 Å². The molecule has 0 aliphatic carbocycles. The van der Waals surface area contributed by atoms with Crippen molar-refractivity contribution >= 4 is 24.4 Å². The number of phosphoric acid groups is 1. The van der Waals surface area contributed by atoms with Crippen molar-refractivity contribution in [2.45, 2.75) is 24.5 Å². The molecular formula is C12H14N3O6P. The zero-order valence-corrected chi connectivity index (χ0v) is 12.2. The molecule has 1 aromatic carbocycles. The van der Waals surface area contributed by atoms with Gasteiger partial charge in [-0.15, -0.1) is 0 Å². The lowest BCUT2D eigenvalue weighted by Crippen LogP contribution is -2.39. The Hall–Kier alpha value is -1.48. The summed E-state index contributed by atoms with van der Waals surface area (Å²) in [7, 11) is -4.14. The van der Waals surface area contributed by atoms with Gasteiger partial charge >= 0.3 is 7.82 Å². The maximum atomic E-state index is 11.5. The first kappa shape index (κ1) is 14.1. The van der Waals surface area contributed by atoms with Crippen molar-refractivity contribution in [1.82, 2.24) is 9.78 Å². The molecule has 0 bridgehead atoms. The number of hydrogen-bond donors (Lipinski definition) is 3. The molecule has 1 aromatic heterocycles. The fourth-order valence-corrected chi connectivity index (χ4v) is 3.80. The summed E-state index contributed by atoms with van der Waals surface area (Å²) in [5.41, 5.74) is 7.14. The minimum atomic E-state index is -4.14. The summed E-state index contributed by atoms with van der Waals surface area (Å²) in [5.74, 6) is 0. The average Bonchev–Trinajstić information content (AvgIpc) is 3.01. The second-order valence-corrected chi connectivity index (χ2v) is 6.67. The standard InChI is InChI=1S/C12H14N3O6P/c13-7-2-1-3-8-6(7)4-14-15(8)12-10(16)11-9(20-12)5-19-22(17,18)21-11/h1-4,9-12,16H,5,13H2,(H,17,18)/t9-,10-,11-,12+/m1/s1. The number of aliphatic hydroxyl groups excluding tert-OH is 1. The van der Waals surface area contributed by atoms with E-state index < -0.39 is 32.4 Å². The van der Waals surface area contributed by atoms with Crippen molar-refractivity contribution in [1.29, 1.82) is 0 Å². The minimum Gasteiger partial charge on any atom is -0.398 e. The summed E-state index contributed by atoms with van der Waals surface area (Å²) in [5, 5.41) is 15.3. The first-order valence-corrected chi connectivity index (χ1v) is 8.17. The molecule has 9 nitrogen and oxygen atoms in total. The number of hydrogen-bond acceptors (Lipinski definition) is 7. The predicted octanol–water partition coefficient (Wildman–Crippen LogP) is 0.393. The van der Waals surface area contributed by atoms with Crippen LogP contribution in [-0.4, -0.2) is 44.7 Å². The number of nitrogen functional groups attached to an aromatic ring is 1.